The molecule has 0 unspecified atom stereocenters. The molecule has 1 aliphatic rings. The Labute approximate surface area is 178 Å². The summed E-state index contributed by atoms with van der Waals surface area (Å²) in [5.74, 6) is -0.405. The predicted molar refractivity (Wildman–Crippen MR) is 102 cm³/mol. The van der Waals surface area contributed by atoms with Crippen LogP contribution in [0.5, 0.6) is 5.75 Å². The molecule has 0 aromatic carbocycles. The van der Waals surface area contributed by atoms with Gasteiger partial charge in [-0.25, -0.2) is 8.78 Å². The van der Waals surface area contributed by atoms with E-state index in [2.05, 4.69) is 15.1 Å². The van der Waals surface area contributed by atoms with Crippen LogP contribution in [0.25, 0.3) is 11.3 Å². The minimum atomic E-state index is -4.48. The second-order valence-electron chi connectivity index (χ2n) is 7.16. The summed E-state index contributed by atoms with van der Waals surface area (Å²) in [7, 11) is 0. The molecule has 3 aromatic heterocycles. The second kappa shape index (κ2) is 8.17. The number of hydrogen-bond acceptors (Lipinski definition) is 5. The lowest BCUT2D eigenvalue weighted by molar-refractivity contribution is -0.153. The van der Waals surface area contributed by atoms with Crippen molar-refractivity contribution in [1.29, 1.82) is 0 Å². The monoisotopic (exact) mass is 453 g/mol. The molecule has 32 heavy (non-hydrogen) atoms. The summed E-state index contributed by atoms with van der Waals surface area (Å²) < 4.78 is 68.2. The number of aryl methyl sites for hydroxylation is 1. The van der Waals surface area contributed by atoms with Gasteiger partial charge in [-0.3, -0.25) is 24.3 Å². The number of ether oxygens (including phenoxy) is 1. The largest absolute Gasteiger partial charge is 0.482 e. The highest BCUT2D eigenvalue weighted by Gasteiger charge is 2.33. The van der Waals surface area contributed by atoms with Crippen LogP contribution in [-0.2, 0) is 13.1 Å². The van der Waals surface area contributed by atoms with Gasteiger partial charge in [0.1, 0.15) is 12.3 Å². The molecular formula is C20H16F5N5O2. The maximum Gasteiger partial charge on any atom is 0.422 e. The first-order valence-electron chi connectivity index (χ1n) is 9.38. The zero-order valence-electron chi connectivity index (χ0n) is 16.6. The van der Waals surface area contributed by atoms with Crippen molar-refractivity contribution in [3.8, 4) is 17.0 Å². The number of anilines is 1. The highest BCUT2D eigenvalue weighted by Crippen LogP contribution is 2.32. The molecule has 1 amide bonds. The van der Waals surface area contributed by atoms with Crippen molar-refractivity contribution in [1.82, 2.24) is 19.7 Å². The summed E-state index contributed by atoms with van der Waals surface area (Å²) in [6.07, 6.45) is -1.78. The second-order valence-corrected chi connectivity index (χ2v) is 7.16. The van der Waals surface area contributed by atoms with Crippen LogP contribution in [0.2, 0.25) is 0 Å². The van der Waals surface area contributed by atoms with E-state index in [0.717, 1.165) is 10.9 Å². The molecule has 168 valence electrons. The number of rotatable bonds is 6. The van der Waals surface area contributed by atoms with Crippen molar-refractivity contribution < 1.29 is 31.5 Å². The standard InChI is InChI=1S/C20H16F5N5O2/c1-11-2-15(12-3-14(6-26-4-12)32-10-20(23,24)25)28-16-8-30(19(31)18(11)16)13-5-27-29(7-13)9-17(21)22/h2-7,17H,8-10H2,1H3. The first-order chi connectivity index (χ1) is 15.1. The van der Waals surface area contributed by atoms with Gasteiger partial charge >= 0.3 is 6.18 Å². The first-order valence-corrected chi connectivity index (χ1v) is 9.38. The number of pyridine rings is 2. The van der Waals surface area contributed by atoms with E-state index in [1.54, 1.807) is 13.0 Å². The lowest BCUT2D eigenvalue weighted by Gasteiger charge is -2.12. The van der Waals surface area contributed by atoms with E-state index in [-0.39, 0.29) is 18.2 Å². The van der Waals surface area contributed by atoms with Crippen LogP contribution < -0.4 is 9.64 Å². The van der Waals surface area contributed by atoms with Gasteiger partial charge in [0.15, 0.2) is 6.61 Å². The SMILES string of the molecule is Cc1cc(-c2cncc(OCC(F)(F)F)c2)nc2c1C(=O)N(c1cnn(CC(F)F)c1)C2. The third-order valence-corrected chi connectivity index (χ3v) is 4.73. The van der Waals surface area contributed by atoms with Crippen LogP contribution in [0, 0.1) is 6.92 Å². The molecular weight excluding hydrogens is 437 g/mol. The van der Waals surface area contributed by atoms with Gasteiger partial charge in [0.25, 0.3) is 12.3 Å². The quantitative estimate of drug-likeness (QED) is 0.528. The molecule has 0 radical (unpaired) electrons. The zero-order chi connectivity index (χ0) is 23.0. The third kappa shape index (κ3) is 4.53. The Morgan fingerprint density at radius 2 is 1.97 bits per heavy atom. The molecule has 0 saturated carbocycles. The Balaban J connectivity index is 1.59. The van der Waals surface area contributed by atoms with Crippen molar-refractivity contribution in [2.75, 3.05) is 11.5 Å². The number of nitrogens with zero attached hydrogens (tertiary/aromatic N) is 5. The van der Waals surface area contributed by atoms with Gasteiger partial charge in [-0.2, -0.15) is 18.3 Å². The van der Waals surface area contributed by atoms with Crippen LogP contribution in [-0.4, -0.2) is 44.9 Å². The van der Waals surface area contributed by atoms with Crippen LogP contribution in [0.3, 0.4) is 0 Å². The van der Waals surface area contributed by atoms with Gasteiger partial charge in [0.2, 0.25) is 0 Å². The minimum absolute atomic E-state index is 0.0658. The highest BCUT2D eigenvalue weighted by atomic mass is 19.4. The van der Waals surface area contributed by atoms with Crippen LogP contribution >= 0.6 is 0 Å². The zero-order valence-corrected chi connectivity index (χ0v) is 16.6. The molecule has 7 nitrogen and oxygen atoms in total. The van der Waals surface area contributed by atoms with Crippen molar-refractivity contribution in [2.45, 2.75) is 32.6 Å². The van der Waals surface area contributed by atoms with Crippen LogP contribution in [0.1, 0.15) is 21.6 Å². The first kappa shape index (κ1) is 21.7. The topological polar surface area (TPSA) is 73.1 Å². The Morgan fingerprint density at radius 3 is 2.69 bits per heavy atom. The van der Waals surface area contributed by atoms with Crippen molar-refractivity contribution in [3.05, 3.63) is 53.7 Å². The number of alkyl halides is 5. The van der Waals surface area contributed by atoms with E-state index in [9.17, 15) is 26.7 Å². The van der Waals surface area contributed by atoms with Gasteiger partial charge in [-0.1, -0.05) is 0 Å². The number of fused-ring (bicyclic) bond motifs is 1. The fourth-order valence-corrected chi connectivity index (χ4v) is 3.39. The normalized spacial score (nSPS) is 13.7. The average molecular weight is 453 g/mol. The molecule has 0 fully saturated rings. The summed E-state index contributed by atoms with van der Waals surface area (Å²) in [6, 6.07) is 3.01. The molecule has 4 rings (SSSR count). The lowest BCUT2D eigenvalue weighted by Crippen LogP contribution is -2.23. The lowest BCUT2D eigenvalue weighted by atomic mass is 10.1. The van der Waals surface area contributed by atoms with Crippen molar-refractivity contribution in [3.63, 3.8) is 0 Å². The third-order valence-electron chi connectivity index (χ3n) is 4.73. The van der Waals surface area contributed by atoms with E-state index in [0.29, 0.717) is 33.8 Å². The van der Waals surface area contributed by atoms with Crippen molar-refractivity contribution >= 4 is 11.6 Å². The maximum absolute atomic E-state index is 12.9. The Bertz CT molecular complexity index is 1160. The number of halogens is 5. The maximum atomic E-state index is 12.9. The van der Waals surface area contributed by atoms with E-state index < -0.39 is 25.8 Å². The van der Waals surface area contributed by atoms with Crippen LogP contribution in [0.15, 0.2) is 36.9 Å². The van der Waals surface area contributed by atoms with E-state index >= 15 is 0 Å². The summed E-state index contributed by atoms with van der Waals surface area (Å²) >= 11 is 0. The molecule has 4 heterocycles. The molecule has 3 aromatic rings. The fourth-order valence-electron chi connectivity index (χ4n) is 3.39. The molecule has 12 heteroatoms. The summed E-state index contributed by atoms with van der Waals surface area (Å²) in [5, 5.41) is 3.85. The Kier molecular flexibility index (Phi) is 5.53. The summed E-state index contributed by atoms with van der Waals surface area (Å²) in [4.78, 5) is 22.7. The van der Waals surface area contributed by atoms with E-state index in [4.69, 9.17) is 4.74 Å². The highest BCUT2D eigenvalue weighted by molar-refractivity contribution is 6.10. The summed E-state index contributed by atoms with van der Waals surface area (Å²) in [5.41, 5.74) is 2.64. The Morgan fingerprint density at radius 1 is 1.19 bits per heavy atom. The summed E-state index contributed by atoms with van der Waals surface area (Å²) in [6.45, 7) is -0.225. The molecule has 1 aliphatic heterocycles. The van der Waals surface area contributed by atoms with Gasteiger partial charge in [-0.05, 0) is 24.6 Å². The number of hydrogen-bond donors (Lipinski definition) is 0. The number of carbonyl (C=O) groups is 1. The molecule has 0 aliphatic carbocycles. The van der Waals surface area contributed by atoms with Gasteiger partial charge in [-0.15, -0.1) is 0 Å². The smallest absolute Gasteiger partial charge is 0.422 e. The van der Waals surface area contributed by atoms with Crippen LogP contribution in [0.4, 0.5) is 27.6 Å². The molecule has 0 atom stereocenters. The predicted octanol–water partition coefficient (Wildman–Crippen LogP) is 4.02. The van der Waals surface area contributed by atoms with Gasteiger partial charge in [0.05, 0.1) is 41.6 Å². The minimum Gasteiger partial charge on any atom is -0.482 e. The molecule has 0 saturated heterocycles. The molecule has 0 N–H and O–H groups in total. The van der Waals surface area contributed by atoms with Crippen molar-refractivity contribution in [2.24, 2.45) is 0 Å². The molecule has 0 spiro atoms. The Hall–Kier alpha value is -3.57. The number of aromatic nitrogens is 4. The van der Waals surface area contributed by atoms with E-state index in [1.165, 1.54) is 29.6 Å². The average Bonchev–Trinajstić information content (AvgIpc) is 3.30. The number of carbonyl (C=O) groups excluding carboxylic acids is 1. The van der Waals surface area contributed by atoms with E-state index in [1.807, 2.05) is 0 Å². The van der Waals surface area contributed by atoms with Gasteiger partial charge < -0.3 is 4.74 Å². The molecule has 0 bridgehead atoms. The van der Waals surface area contributed by atoms with Gasteiger partial charge in [0, 0.05) is 18.0 Å². The number of amides is 1. The fraction of sp³-hybridized carbons (Fsp3) is 0.300.